The molecule has 2 aromatic rings. The maximum absolute atomic E-state index is 11.6. The molecule has 0 saturated carbocycles. The fraction of sp³-hybridized carbons (Fsp3) is 0.278. The molecule has 0 saturated heterocycles. The monoisotopic (exact) mass is 282 g/mol. The molecule has 0 fully saturated rings. The number of unbranched alkanes of at least 4 members (excludes halogenated alkanes) is 1. The molecule has 3 nitrogen and oxygen atoms in total. The molecular weight excluding hydrogens is 260 g/mol. The molecule has 0 spiro atoms. The molecule has 0 atom stereocenters. The van der Waals surface area contributed by atoms with Crippen LogP contribution in [0.2, 0.25) is 0 Å². The molecule has 0 aliphatic rings. The number of rotatable bonds is 7. The molecule has 0 aliphatic heterocycles. The zero-order chi connectivity index (χ0) is 14.8. The Kier molecular flexibility index (Phi) is 6.33. The van der Waals surface area contributed by atoms with Crippen LogP contribution in [-0.2, 0) is 13.0 Å². The Hall–Kier alpha value is -2.29. The molecule has 0 bridgehead atoms. The average molecular weight is 282 g/mol. The van der Waals surface area contributed by atoms with Gasteiger partial charge in [-0.15, -0.1) is 0 Å². The van der Waals surface area contributed by atoms with Gasteiger partial charge in [0.05, 0.1) is 0 Å². The highest BCUT2D eigenvalue weighted by Crippen LogP contribution is 2.03. The lowest BCUT2D eigenvalue weighted by Crippen LogP contribution is -2.35. The maximum atomic E-state index is 11.6. The molecular formula is C18H22N2O. The van der Waals surface area contributed by atoms with E-state index in [1.807, 2.05) is 36.4 Å². The quantitative estimate of drug-likeness (QED) is 0.750. The van der Waals surface area contributed by atoms with Gasteiger partial charge in [-0.3, -0.25) is 0 Å². The van der Waals surface area contributed by atoms with Crippen molar-refractivity contribution in [1.29, 1.82) is 0 Å². The van der Waals surface area contributed by atoms with Gasteiger partial charge in [-0.25, -0.2) is 4.79 Å². The first kappa shape index (κ1) is 15.1. The maximum Gasteiger partial charge on any atom is 0.315 e. The van der Waals surface area contributed by atoms with Crippen molar-refractivity contribution in [2.75, 3.05) is 6.54 Å². The van der Waals surface area contributed by atoms with Gasteiger partial charge in [0.25, 0.3) is 0 Å². The van der Waals surface area contributed by atoms with Gasteiger partial charge in [0.15, 0.2) is 0 Å². The van der Waals surface area contributed by atoms with E-state index in [4.69, 9.17) is 0 Å². The number of carbonyl (C=O) groups excluding carboxylic acids is 1. The molecule has 0 aliphatic carbocycles. The lowest BCUT2D eigenvalue weighted by atomic mass is 10.1. The SMILES string of the molecule is O=C(NCCCCc1ccccc1)NCc1ccccc1. The molecule has 0 aromatic heterocycles. The third kappa shape index (κ3) is 6.13. The van der Waals surface area contributed by atoms with Crippen molar-refractivity contribution in [3.8, 4) is 0 Å². The minimum absolute atomic E-state index is 0.0986. The Morgan fingerprint density at radius 3 is 2.05 bits per heavy atom. The summed E-state index contributed by atoms with van der Waals surface area (Å²) in [5.41, 5.74) is 2.46. The molecule has 2 rings (SSSR count). The van der Waals surface area contributed by atoms with Crippen molar-refractivity contribution in [3.05, 3.63) is 71.8 Å². The van der Waals surface area contributed by atoms with Gasteiger partial charge in [0, 0.05) is 13.1 Å². The Morgan fingerprint density at radius 1 is 0.762 bits per heavy atom. The van der Waals surface area contributed by atoms with Crippen molar-refractivity contribution in [2.24, 2.45) is 0 Å². The number of aryl methyl sites for hydroxylation is 1. The van der Waals surface area contributed by atoms with E-state index < -0.39 is 0 Å². The van der Waals surface area contributed by atoms with Crippen LogP contribution in [0.4, 0.5) is 4.79 Å². The lowest BCUT2D eigenvalue weighted by Gasteiger charge is -2.07. The predicted molar refractivity (Wildman–Crippen MR) is 86.1 cm³/mol. The van der Waals surface area contributed by atoms with Crippen molar-refractivity contribution in [3.63, 3.8) is 0 Å². The number of urea groups is 1. The summed E-state index contributed by atoms with van der Waals surface area (Å²) in [7, 11) is 0. The summed E-state index contributed by atoms with van der Waals surface area (Å²) in [6, 6.07) is 20.2. The fourth-order valence-electron chi connectivity index (χ4n) is 2.14. The van der Waals surface area contributed by atoms with Crippen molar-refractivity contribution in [2.45, 2.75) is 25.8 Å². The smallest absolute Gasteiger partial charge is 0.315 e. The standard InChI is InChI=1S/C18H22N2O/c21-18(20-15-17-12-5-2-6-13-17)19-14-8-7-11-16-9-3-1-4-10-16/h1-6,9-10,12-13H,7-8,11,14-15H2,(H2,19,20,21). The first-order chi connectivity index (χ1) is 10.3. The van der Waals surface area contributed by atoms with Crippen molar-refractivity contribution >= 4 is 6.03 Å². The highest BCUT2D eigenvalue weighted by molar-refractivity contribution is 5.73. The first-order valence-corrected chi connectivity index (χ1v) is 7.44. The number of amides is 2. The van der Waals surface area contributed by atoms with Gasteiger partial charge in [0.2, 0.25) is 0 Å². The van der Waals surface area contributed by atoms with Crippen LogP contribution >= 0.6 is 0 Å². The second-order valence-corrected chi connectivity index (χ2v) is 5.04. The molecule has 0 unspecified atom stereocenters. The third-order valence-electron chi connectivity index (χ3n) is 3.32. The topological polar surface area (TPSA) is 41.1 Å². The zero-order valence-electron chi connectivity index (χ0n) is 12.2. The van der Waals surface area contributed by atoms with Crippen molar-refractivity contribution in [1.82, 2.24) is 10.6 Å². The van der Waals surface area contributed by atoms with Gasteiger partial charge in [0.1, 0.15) is 0 Å². The van der Waals surface area contributed by atoms with E-state index in [-0.39, 0.29) is 6.03 Å². The van der Waals surface area contributed by atoms with E-state index in [0.29, 0.717) is 13.1 Å². The van der Waals surface area contributed by atoms with Crippen LogP contribution in [0.3, 0.4) is 0 Å². The molecule has 2 aromatic carbocycles. The van der Waals surface area contributed by atoms with Gasteiger partial charge in [-0.05, 0) is 30.4 Å². The predicted octanol–water partition coefficient (Wildman–Crippen LogP) is 3.51. The average Bonchev–Trinajstić information content (AvgIpc) is 2.54. The van der Waals surface area contributed by atoms with Crippen molar-refractivity contribution < 1.29 is 4.79 Å². The van der Waals surface area contributed by atoms with Crippen LogP contribution in [0, 0.1) is 0 Å². The van der Waals surface area contributed by atoms with E-state index in [1.165, 1.54) is 5.56 Å². The number of benzene rings is 2. The van der Waals surface area contributed by atoms with Gasteiger partial charge >= 0.3 is 6.03 Å². The molecule has 110 valence electrons. The summed E-state index contributed by atoms with van der Waals surface area (Å²) >= 11 is 0. The summed E-state index contributed by atoms with van der Waals surface area (Å²) in [5, 5.41) is 5.75. The zero-order valence-corrected chi connectivity index (χ0v) is 12.2. The third-order valence-corrected chi connectivity index (χ3v) is 3.32. The minimum atomic E-state index is -0.0986. The summed E-state index contributed by atoms with van der Waals surface area (Å²) in [6.45, 7) is 1.28. The normalized spacial score (nSPS) is 10.1. The Labute approximate surface area is 126 Å². The van der Waals surface area contributed by atoms with Crippen LogP contribution in [0.15, 0.2) is 60.7 Å². The van der Waals surface area contributed by atoms with E-state index in [1.54, 1.807) is 0 Å². The van der Waals surface area contributed by atoms with Crippen LogP contribution in [0.25, 0.3) is 0 Å². The fourth-order valence-corrected chi connectivity index (χ4v) is 2.14. The highest BCUT2D eigenvalue weighted by atomic mass is 16.2. The van der Waals surface area contributed by atoms with E-state index in [0.717, 1.165) is 24.8 Å². The minimum Gasteiger partial charge on any atom is -0.338 e. The second-order valence-electron chi connectivity index (χ2n) is 5.04. The number of nitrogens with one attached hydrogen (secondary N) is 2. The highest BCUT2D eigenvalue weighted by Gasteiger charge is 1.99. The number of hydrogen-bond acceptors (Lipinski definition) is 1. The summed E-state index contributed by atoms with van der Waals surface area (Å²) in [4.78, 5) is 11.6. The molecule has 21 heavy (non-hydrogen) atoms. The Bertz CT molecular complexity index is 525. The van der Waals surface area contributed by atoms with E-state index in [2.05, 4.69) is 34.9 Å². The molecule has 2 N–H and O–H groups in total. The molecule has 0 heterocycles. The van der Waals surface area contributed by atoms with Gasteiger partial charge in [-0.1, -0.05) is 60.7 Å². The molecule has 3 heteroatoms. The Morgan fingerprint density at radius 2 is 1.38 bits per heavy atom. The largest absolute Gasteiger partial charge is 0.338 e. The second kappa shape index (κ2) is 8.80. The van der Waals surface area contributed by atoms with Gasteiger partial charge < -0.3 is 10.6 Å². The van der Waals surface area contributed by atoms with Crippen LogP contribution < -0.4 is 10.6 Å². The van der Waals surface area contributed by atoms with Crippen LogP contribution in [0.5, 0.6) is 0 Å². The summed E-state index contributed by atoms with van der Waals surface area (Å²) in [5.74, 6) is 0. The molecule has 2 amide bonds. The van der Waals surface area contributed by atoms with Crippen LogP contribution in [0.1, 0.15) is 24.0 Å². The van der Waals surface area contributed by atoms with Crippen LogP contribution in [-0.4, -0.2) is 12.6 Å². The molecule has 0 radical (unpaired) electrons. The summed E-state index contributed by atoms with van der Waals surface area (Å²) in [6.07, 6.45) is 3.14. The van der Waals surface area contributed by atoms with E-state index in [9.17, 15) is 4.79 Å². The summed E-state index contributed by atoms with van der Waals surface area (Å²) < 4.78 is 0. The van der Waals surface area contributed by atoms with Gasteiger partial charge in [-0.2, -0.15) is 0 Å². The Balaban J connectivity index is 1.53. The number of hydrogen-bond donors (Lipinski definition) is 2. The number of carbonyl (C=O) groups is 1. The van der Waals surface area contributed by atoms with E-state index >= 15 is 0 Å². The lowest BCUT2D eigenvalue weighted by molar-refractivity contribution is 0.240. The first-order valence-electron chi connectivity index (χ1n) is 7.44.